The monoisotopic (exact) mass is 457 g/mol. The molecule has 1 heterocycles. The molecule has 1 aliphatic rings. The van der Waals surface area contributed by atoms with Gasteiger partial charge in [0, 0.05) is 12.6 Å². The van der Waals surface area contributed by atoms with Crippen molar-refractivity contribution in [1.29, 1.82) is 0 Å². The molecule has 1 saturated carbocycles. The molecule has 1 fully saturated rings. The van der Waals surface area contributed by atoms with Gasteiger partial charge in [0.15, 0.2) is 11.5 Å². The Hall–Kier alpha value is -2.64. The van der Waals surface area contributed by atoms with Gasteiger partial charge in [-0.2, -0.15) is 4.68 Å². The number of aromatic nitrogens is 4. The predicted octanol–water partition coefficient (Wildman–Crippen LogP) is 5.48. The predicted molar refractivity (Wildman–Crippen MR) is 127 cm³/mol. The Labute approximate surface area is 195 Å². The first-order valence-electron chi connectivity index (χ1n) is 11.3. The molecule has 4 rings (SSSR count). The molecule has 0 radical (unpaired) electrons. The van der Waals surface area contributed by atoms with Crippen molar-refractivity contribution in [2.24, 2.45) is 0 Å². The number of hydrogen-bond acceptors (Lipinski definition) is 6. The molecular formula is C24H32ClN5O2. The Balaban J connectivity index is 0.00000289. The largest absolute Gasteiger partial charge is 0.490 e. The van der Waals surface area contributed by atoms with Gasteiger partial charge in [-0.05, 0) is 60.0 Å². The fourth-order valence-corrected chi connectivity index (χ4v) is 4.01. The SMILES string of the molecule is CCOc1cc(CNC2CCCCCCC2)ccc1Oc1nnnn1-c1ccccc1.Cl. The van der Waals surface area contributed by atoms with Crippen molar-refractivity contribution in [3.05, 3.63) is 54.1 Å². The van der Waals surface area contributed by atoms with Crippen LogP contribution >= 0.6 is 12.4 Å². The zero-order valence-electron chi connectivity index (χ0n) is 18.6. The summed E-state index contributed by atoms with van der Waals surface area (Å²) in [4.78, 5) is 0. The summed E-state index contributed by atoms with van der Waals surface area (Å²) in [5.41, 5.74) is 2.01. The maximum Gasteiger partial charge on any atom is 0.346 e. The Morgan fingerprint density at radius 2 is 1.72 bits per heavy atom. The van der Waals surface area contributed by atoms with E-state index in [2.05, 4.69) is 26.9 Å². The minimum Gasteiger partial charge on any atom is -0.490 e. The van der Waals surface area contributed by atoms with Gasteiger partial charge in [-0.3, -0.25) is 0 Å². The highest BCUT2D eigenvalue weighted by Crippen LogP contribution is 2.32. The summed E-state index contributed by atoms with van der Waals surface area (Å²) >= 11 is 0. The lowest BCUT2D eigenvalue weighted by Gasteiger charge is -2.21. The van der Waals surface area contributed by atoms with E-state index in [9.17, 15) is 0 Å². The number of rotatable bonds is 8. The summed E-state index contributed by atoms with van der Waals surface area (Å²) in [7, 11) is 0. The first kappa shape index (κ1) is 24.0. The third kappa shape index (κ3) is 6.43. The van der Waals surface area contributed by atoms with Gasteiger partial charge in [0.1, 0.15) is 0 Å². The molecule has 1 aliphatic carbocycles. The molecular weight excluding hydrogens is 426 g/mol. The van der Waals surface area contributed by atoms with Gasteiger partial charge >= 0.3 is 6.01 Å². The van der Waals surface area contributed by atoms with E-state index >= 15 is 0 Å². The minimum atomic E-state index is 0. The molecule has 0 aliphatic heterocycles. The molecule has 0 amide bonds. The van der Waals surface area contributed by atoms with Crippen LogP contribution in [-0.4, -0.2) is 32.9 Å². The van der Waals surface area contributed by atoms with Crippen LogP contribution in [0.2, 0.25) is 0 Å². The molecule has 32 heavy (non-hydrogen) atoms. The maximum atomic E-state index is 6.05. The minimum absolute atomic E-state index is 0. The standard InChI is InChI=1S/C24H31N5O2.ClH/c1-2-30-23-17-19(18-25-20-11-7-4-3-5-8-12-20)15-16-22(23)31-24-26-27-28-29(24)21-13-9-6-10-14-21;/h6,9-10,13-17,20,25H,2-5,7-8,11-12,18H2,1H3;1H. The average Bonchev–Trinajstić information content (AvgIpc) is 3.23. The summed E-state index contributed by atoms with van der Waals surface area (Å²) in [5.74, 6) is 1.30. The van der Waals surface area contributed by atoms with Crippen LogP contribution in [0.4, 0.5) is 0 Å². The zero-order chi connectivity index (χ0) is 21.3. The molecule has 2 aromatic carbocycles. The Morgan fingerprint density at radius 3 is 2.47 bits per heavy atom. The Morgan fingerprint density at radius 1 is 0.969 bits per heavy atom. The molecule has 0 atom stereocenters. The summed E-state index contributed by atoms with van der Waals surface area (Å²) in [5, 5.41) is 15.6. The van der Waals surface area contributed by atoms with Crippen molar-refractivity contribution in [2.45, 2.75) is 64.5 Å². The fourth-order valence-electron chi connectivity index (χ4n) is 4.01. The van der Waals surface area contributed by atoms with E-state index in [-0.39, 0.29) is 12.4 Å². The second-order valence-electron chi connectivity index (χ2n) is 7.95. The summed E-state index contributed by atoms with van der Waals surface area (Å²) in [6, 6.07) is 16.6. The molecule has 8 heteroatoms. The van der Waals surface area contributed by atoms with E-state index in [1.165, 1.54) is 50.5 Å². The van der Waals surface area contributed by atoms with Crippen molar-refractivity contribution >= 4 is 12.4 Å². The van der Waals surface area contributed by atoms with Crippen LogP contribution in [0.1, 0.15) is 57.4 Å². The lowest BCUT2D eigenvalue weighted by molar-refractivity contribution is 0.314. The van der Waals surface area contributed by atoms with Gasteiger partial charge in [-0.15, -0.1) is 12.4 Å². The number of nitrogens with zero attached hydrogens (tertiary/aromatic N) is 4. The molecule has 3 aromatic rings. The second kappa shape index (κ2) is 12.4. The normalized spacial score (nSPS) is 14.8. The van der Waals surface area contributed by atoms with E-state index in [1.807, 2.05) is 49.4 Å². The van der Waals surface area contributed by atoms with E-state index < -0.39 is 0 Å². The van der Waals surface area contributed by atoms with E-state index in [4.69, 9.17) is 9.47 Å². The van der Waals surface area contributed by atoms with Gasteiger partial charge in [0.2, 0.25) is 0 Å². The van der Waals surface area contributed by atoms with Crippen LogP contribution < -0.4 is 14.8 Å². The van der Waals surface area contributed by atoms with Crippen LogP contribution in [-0.2, 0) is 6.54 Å². The van der Waals surface area contributed by atoms with Crippen LogP contribution in [0.3, 0.4) is 0 Å². The van der Waals surface area contributed by atoms with Crippen molar-refractivity contribution in [2.75, 3.05) is 6.61 Å². The first-order valence-corrected chi connectivity index (χ1v) is 11.3. The number of para-hydroxylation sites is 1. The Kier molecular flexibility index (Phi) is 9.31. The smallest absolute Gasteiger partial charge is 0.346 e. The molecule has 0 unspecified atom stereocenters. The van der Waals surface area contributed by atoms with Gasteiger partial charge < -0.3 is 14.8 Å². The van der Waals surface area contributed by atoms with E-state index in [0.717, 1.165) is 12.2 Å². The van der Waals surface area contributed by atoms with Crippen molar-refractivity contribution < 1.29 is 9.47 Å². The van der Waals surface area contributed by atoms with Gasteiger partial charge in [-0.1, -0.05) is 61.5 Å². The lowest BCUT2D eigenvalue weighted by atomic mass is 9.96. The number of nitrogens with one attached hydrogen (secondary N) is 1. The van der Waals surface area contributed by atoms with Crippen LogP contribution in [0.5, 0.6) is 17.5 Å². The third-order valence-corrected chi connectivity index (χ3v) is 5.65. The number of benzene rings is 2. The summed E-state index contributed by atoms with van der Waals surface area (Å²) in [6.07, 6.45) is 9.29. The number of ether oxygens (including phenoxy) is 2. The second-order valence-corrected chi connectivity index (χ2v) is 7.95. The molecule has 0 saturated heterocycles. The Bertz CT molecular complexity index is 943. The number of tetrazole rings is 1. The molecule has 1 aromatic heterocycles. The highest BCUT2D eigenvalue weighted by Gasteiger charge is 2.15. The third-order valence-electron chi connectivity index (χ3n) is 5.65. The highest BCUT2D eigenvalue weighted by molar-refractivity contribution is 5.85. The lowest BCUT2D eigenvalue weighted by Crippen LogP contribution is -2.29. The first-order chi connectivity index (χ1) is 15.3. The van der Waals surface area contributed by atoms with Gasteiger partial charge in [0.25, 0.3) is 0 Å². The molecule has 0 spiro atoms. The number of halogens is 1. The quantitative estimate of drug-likeness (QED) is 0.483. The van der Waals surface area contributed by atoms with Crippen molar-refractivity contribution in [3.63, 3.8) is 0 Å². The van der Waals surface area contributed by atoms with Gasteiger partial charge in [0.05, 0.1) is 12.3 Å². The fraction of sp³-hybridized carbons (Fsp3) is 0.458. The van der Waals surface area contributed by atoms with E-state index in [0.29, 0.717) is 30.2 Å². The molecule has 0 bridgehead atoms. The molecule has 172 valence electrons. The van der Waals surface area contributed by atoms with Crippen molar-refractivity contribution in [1.82, 2.24) is 25.5 Å². The maximum absolute atomic E-state index is 6.05. The van der Waals surface area contributed by atoms with E-state index in [1.54, 1.807) is 4.68 Å². The topological polar surface area (TPSA) is 74.1 Å². The summed E-state index contributed by atoms with van der Waals surface area (Å²) in [6.45, 7) is 3.35. The molecule has 1 N–H and O–H groups in total. The number of hydrogen-bond donors (Lipinski definition) is 1. The zero-order valence-corrected chi connectivity index (χ0v) is 19.4. The van der Waals surface area contributed by atoms with Crippen LogP contribution in [0, 0.1) is 0 Å². The van der Waals surface area contributed by atoms with Crippen LogP contribution in [0.15, 0.2) is 48.5 Å². The highest BCUT2D eigenvalue weighted by atomic mass is 35.5. The molecule has 7 nitrogen and oxygen atoms in total. The summed E-state index contributed by atoms with van der Waals surface area (Å²) < 4.78 is 13.5. The average molecular weight is 458 g/mol. The van der Waals surface area contributed by atoms with Crippen LogP contribution in [0.25, 0.3) is 5.69 Å². The van der Waals surface area contributed by atoms with Gasteiger partial charge in [-0.25, -0.2) is 0 Å². The van der Waals surface area contributed by atoms with Crippen molar-refractivity contribution in [3.8, 4) is 23.2 Å².